The number of benzene rings is 1. The van der Waals surface area contributed by atoms with Gasteiger partial charge in [0.05, 0.1) is 18.7 Å². The Bertz CT molecular complexity index is 454. The summed E-state index contributed by atoms with van der Waals surface area (Å²) in [4.78, 5) is 7.01. The van der Waals surface area contributed by atoms with Gasteiger partial charge in [0.15, 0.2) is 0 Å². The summed E-state index contributed by atoms with van der Waals surface area (Å²) in [5.74, 6) is 0.530. The van der Waals surface area contributed by atoms with Gasteiger partial charge in [-0.1, -0.05) is 23.3 Å². The summed E-state index contributed by atoms with van der Waals surface area (Å²) < 4.78 is 5.44. The Labute approximate surface area is 98.2 Å². The molecule has 0 radical (unpaired) electrons. The number of hydrogen-bond acceptors (Lipinski definition) is 4. The largest absolute Gasteiger partial charge is 0.475 e. The normalized spacial score (nSPS) is 20.1. The lowest BCUT2D eigenvalue weighted by Gasteiger charge is -2.10. The lowest BCUT2D eigenvalue weighted by molar-refractivity contribution is 0.226. The molecule has 0 bridgehead atoms. The molecule has 6 heteroatoms. The molecule has 0 aliphatic carbocycles. The van der Waals surface area contributed by atoms with Crippen LogP contribution < -0.4 is 0 Å². The smallest absolute Gasteiger partial charge is 0.216 e. The van der Waals surface area contributed by atoms with Crippen LogP contribution in [0.3, 0.4) is 0 Å². The summed E-state index contributed by atoms with van der Waals surface area (Å²) in [6.07, 6.45) is 0. The third-order valence-electron chi connectivity index (χ3n) is 2.53. The maximum Gasteiger partial charge on any atom is 0.216 e. The number of nitrogens with zero attached hydrogens (tertiary/aromatic N) is 4. The molecule has 1 heterocycles. The Morgan fingerprint density at radius 2 is 2.29 bits per heavy atom. The molecular weight excluding hydrogens is 220 g/mol. The first kappa shape index (κ1) is 11.4. The molecule has 0 fully saturated rings. The van der Waals surface area contributed by atoms with Gasteiger partial charge in [0.2, 0.25) is 5.90 Å². The van der Waals surface area contributed by atoms with Crippen molar-refractivity contribution in [2.45, 2.75) is 12.1 Å². The molecule has 0 amide bonds. The second kappa shape index (κ2) is 5.34. The summed E-state index contributed by atoms with van der Waals surface area (Å²) in [7, 11) is 0. The van der Waals surface area contributed by atoms with Gasteiger partial charge in [0, 0.05) is 10.5 Å². The summed E-state index contributed by atoms with van der Waals surface area (Å²) >= 11 is 0. The van der Waals surface area contributed by atoms with E-state index in [-0.39, 0.29) is 12.6 Å². The molecule has 17 heavy (non-hydrogen) atoms. The molecule has 6 nitrogen and oxygen atoms in total. The monoisotopic (exact) mass is 232 g/mol. The van der Waals surface area contributed by atoms with E-state index in [4.69, 9.17) is 15.4 Å². The maximum atomic E-state index is 9.08. The van der Waals surface area contributed by atoms with Crippen molar-refractivity contribution < 1.29 is 9.84 Å². The first-order valence-corrected chi connectivity index (χ1v) is 5.26. The zero-order valence-electron chi connectivity index (χ0n) is 9.10. The molecule has 1 aliphatic rings. The molecule has 1 aromatic carbocycles. The van der Waals surface area contributed by atoms with Gasteiger partial charge in [-0.05, 0) is 17.7 Å². The molecule has 2 atom stereocenters. The Hall–Kier alpha value is -2.04. The molecule has 1 aromatic rings. The third-order valence-corrected chi connectivity index (χ3v) is 2.53. The SMILES string of the molecule is [N-]=[N+]=N[C@H](CO)[C@H]1COC(c2ccccc2)=N1. The van der Waals surface area contributed by atoms with Crippen molar-refractivity contribution in [3.63, 3.8) is 0 Å². The zero-order chi connectivity index (χ0) is 12.1. The van der Waals surface area contributed by atoms with Crippen molar-refractivity contribution in [1.82, 2.24) is 0 Å². The lowest BCUT2D eigenvalue weighted by atomic mass is 10.1. The molecule has 0 saturated carbocycles. The summed E-state index contributed by atoms with van der Waals surface area (Å²) in [6.45, 7) is 0.0954. The van der Waals surface area contributed by atoms with Crippen molar-refractivity contribution in [1.29, 1.82) is 0 Å². The van der Waals surface area contributed by atoms with Crippen molar-refractivity contribution in [3.05, 3.63) is 46.3 Å². The van der Waals surface area contributed by atoms with Crippen LogP contribution in [0.5, 0.6) is 0 Å². The Kier molecular flexibility index (Phi) is 3.59. The number of hydrogen-bond donors (Lipinski definition) is 1. The van der Waals surface area contributed by atoms with Crippen LogP contribution in [0.15, 0.2) is 40.4 Å². The first-order valence-electron chi connectivity index (χ1n) is 5.26. The van der Waals surface area contributed by atoms with E-state index < -0.39 is 6.04 Å². The quantitative estimate of drug-likeness (QED) is 0.484. The predicted octanol–water partition coefficient (Wildman–Crippen LogP) is 1.50. The second-order valence-corrected chi connectivity index (χ2v) is 3.63. The molecule has 88 valence electrons. The summed E-state index contributed by atoms with van der Waals surface area (Å²) in [5, 5.41) is 12.6. The van der Waals surface area contributed by atoms with Gasteiger partial charge < -0.3 is 9.84 Å². The van der Waals surface area contributed by atoms with Crippen molar-refractivity contribution in [2.75, 3.05) is 13.2 Å². The molecule has 0 unspecified atom stereocenters. The fraction of sp³-hybridized carbons (Fsp3) is 0.364. The maximum absolute atomic E-state index is 9.08. The highest BCUT2D eigenvalue weighted by molar-refractivity contribution is 5.95. The highest BCUT2D eigenvalue weighted by Crippen LogP contribution is 2.16. The number of rotatable bonds is 4. The predicted molar refractivity (Wildman–Crippen MR) is 62.7 cm³/mol. The molecule has 1 N–H and O–H groups in total. The van der Waals surface area contributed by atoms with E-state index >= 15 is 0 Å². The van der Waals surface area contributed by atoms with E-state index in [0.29, 0.717) is 12.5 Å². The number of aliphatic hydroxyl groups is 1. The van der Waals surface area contributed by atoms with Crippen LogP contribution in [0.2, 0.25) is 0 Å². The third kappa shape index (κ3) is 2.55. The van der Waals surface area contributed by atoms with E-state index in [1.165, 1.54) is 0 Å². The van der Waals surface area contributed by atoms with Crippen LogP contribution in [0.1, 0.15) is 5.56 Å². The zero-order valence-corrected chi connectivity index (χ0v) is 9.10. The Morgan fingerprint density at radius 1 is 1.53 bits per heavy atom. The fourth-order valence-corrected chi connectivity index (χ4v) is 1.63. The van der Waals surface area contributed by atoms with Gasteiger partial charge in [-0.3, -0.25) is 0 Å². The Balaban J connectivity index is 2.16. The fourth-order valence-electron chi connectivity index (χ4n) is 1.63. The molecule has 0 saturated heterocycles. The number of aliphatic imine (C=N–C) groups is 1. The average molecular weight is 232 g/mol. The van der Waals surface area contributed by atoms with Gasteiger partial charge in [0.25, 0.3) is 0 Å². The molecule has 0 spiro atoms. The molecular formula is C11H12N4O2. The van der Waals surface area contributed by atoms with Crippen LogP contribution in [-0.2, 0) is 4.74 Å². The molecule has 2 rings (SSSR count). The van der Waals surface area contributed by atoms with E-state index in [0.717, 1.165) is 5.56 Å². The van der Waals surface area contributed by atoms with Crippen molar-refractivity contribution in [2.24, 2.45) is 10.1 Å². The van der Waals surface area contributed by atoms with Crippen molar-refractivity contribution >= 4 is 5.90 Å². The van der Waals surface area contributed by atoms with E-state index in [2.05, 4.69) is 15.0 Å². The lowest BCUT2D eigenvalue weighted by Crippen LogP contribution is -2.26. The summed E-state index contributed by atoms with van der Waals surface area (Å²) in [6, 6.07) is 8.60. The molecule has 0 aromatic heterocycles. The summed E-state index contributed by atoms with van der Waals surface area (Å²) in [5.41, 5.74) is 9.25. The van der Waals surface area contributed by atoms with Crippen LogP contribution in [0.4, 0.5) is 0 Å². The second-order valence-electron chi connectivity index (χ2n) is 3.63. The van der Waals surface area contributed by atoms with Crippen LogP contribution >= 0.6 is 0 Å². The minimum atomic E-state index is -0.568. The Morgan fingerprint density at radius 3 is 2.94 bits per heavy atom. The molecule has 1 aliphatic heterocycles. The van der Waals surface area contributed by atoms with Gasteiger partial charge in [0.1, 0.15) is 6.61 Å². The first-order chi connectivity index (χ1) is 8.35. The number of ether oxygens (including phenoxy) is 1. The van der Waals surface area contributed by atoms with Crippen molar-refractivity contribution in [3.8, 4) is 0 Å². The van der Waals surface area contributed by atoms with Gasteiger partial charge in [-0.25, -0.2) is 4.99 Å². The highest BCUT2D eigenvalue weighted by Gasteiger charge is 2.26. The topological polar surface area (TPSA) is 90.6 Å². The van der Waals surface area contributed by atoms with Gasteiger partial charge in [-0.2, -0.15) is 0 Å². The number of aliphatic hydroxyl groups excluding tert-OH is 1. The van der Waals surface area contributed by atoms with Crippen LogP contribution in [-0.4, -0.2) is 36.3 Å². The van der Waals surface area contributed by atoms with Crippen LogP contribution in [0, 0.1) is 0 Å². The van der Waals surface area contributed by atoms with Gasteiger partial charge >= 0.3 is 0 Å². The highest BCUT2D eigenvalue weighted by atomic mass is 16.5. The van der Waals surface area contributed by atoms with E-state index in [1.54, 1.807) is 0 Å². The number of azide groups is 1. The van der Waals surface area contributed by atoms with E-state index in [1.807, 2.05) is 30.3 Å². The average Bonchev–Trinajstić information content (AvgIpc) is 2.86. The van der Waals surface area contributed by atoms with Gasteiger partial charge in [-0.15, -0.1) is 0 Å². The standard InChI is InChI=1S/C11H12N4O2/c12-15-14-9(6-16)10-7-17-11(13-10)8-4-2-1-3-5-8/h1-5,9-10,16H,6-7H2/t9-,10-/m1/s1. The van der Waals surface area contributed by atoms with E-state index in [9.17, 15) is 0 Å². The minimum Gasteiger partial charge on any atom is -0.475 e. The minimum absolute atomic E-state index is 0.232. The van der Waals surface area contributed by atoms with Crippen LogP contribution in [0.25, 0.3) is 10.4 Å².